The fourth-order valence-corrected chi connectivity index (χ4v) is 8.38. The van der Waals surface area contributed by atoms with Crippen LogP contribution >= 0.6 is 0 Å². The molecule has 4 aliphatic carbocycles. The van der Waals surface area contributed by atoms with Crippen molar-refractivity contribution >= 4 is 27.5 Å². The van der Waals surface area contributed by atoms with Gasteiger partial charge in [0.25, 0.3) is 10.0 Å². The molecule has 1 aromatic heterocycles. The van der Waals surface area contributed by atoms with Crippen molar-refractivity contribution in [2.75, 3.05) is 10.0 Å². The lowest BCUT2D eigenvalue weighted by Gasteiger charge is -2.61. The van der Waals surface area contributed by atoms with E-state index in [1.807, 2.05) is 0 Å². The molecule has 0 aliphatic heterocycles. The number of hydrogen-bond donors (Lipinski definition) is 2. The number of hydrogen-bond acceptors (Lipinski definition) is 5. The van der Waals surface area contributed by atoms with Crippen LogP contribution in [-0.2, 0) is 20.2 Å². The average Bonchev–Trinajstić information content (AvgIpc) is 3.16. The van der Waals surface area contributed by atoms with Crippen molar-refractivity contribution in [3.8, 4) is 0 Å². The minimum absolute atomic E-state index is 0.0680. The summed E-state index contributed by atoms with van der Waals surface area (Å²) in [5.41, 5.74) is 2.97. The maximum Gasteiger partial charge on any atom is 0.264 e. The molecule has 4 aliphatic rings. The van der Waals surface area contributed by atoms with E-state index in [0.717, 1.165) is 19.3 Å². The Balaban J connectivity index is 1.20. The van der Waals surface area contributed by atoms with E-state index in [9.17, 15) is 13.2 Å². The number of aromatic nitrogens is 1. The highest BCUT2D eigenvalue weighted by Crippen LogP contribution is 2.66. The van der Waals surface area contributed by atoms with Crippen LogP contribution in [0.4, 0.5) is 11.6 Å². The summed E-state index contributed by atoms with van der Waals surface area (Å²) in [6.45, 7) is 3.49. The molecule has 4 bridgehead atoms. The molecular formula is C28H31N3O4S. The number of nitrogens with zero attached hydrogens (tertiary/aromatic N) is 1. The highest BCUT2D eigenvalue weighted by molar-refractivity contribution is 7.92. The number of benzene rings is 2. The van der Waals surface area contributed by atoms with Crippen LogP contribution in [0.5, 0.6) is 0 Å². The van der Waals surface area contributed by atoms with Gasteiger partial charge in [0.05, 0.1) is 16.0 Å². The molecule has 1 amide bonds. The van der Waals surface area contributed by atoms with E-state index >= 15 is 0 Å². The Morgan fingerprint density at radius 2 is 1.64 bits per heavy atom. The Morgan fingerprint density at radius 1 is 0.972 bits per heavy atom. The van der Waals surface area contributed by atoms with E-state index < -0.39 is 10.0 Å². The third-order valence-corrected chi connectivity index (χ3v) is 10.1. The fraction of sp³-hybridized carbons (Fsp3) is 0.429. The lowest BCUT2D eigenvalue weighted by Crippen LogP contribution is -2.57. The summed E-state index contributed by atoms with van der Waals surface area (Å²) in [6.07, 6.45) is 6.34. The Labute approximate surface area is 211 Å². The minimum Gasteiger partial charge on any atom is -0.337 e. The third-order valence-electron chi connectivity index (χ3n) is 8.74. The molecule has 7 rings (SSSR count). The van der Waals surface area contributed by atoms with Crippen LogP contribution in [0.1, 0.15) is 55.3 Å². The predicted octanol–water partition coefficient (Wildman–Crippen LogP) is 5.57. The second kappa shape index (κ2) is 8.20. The molecule has 0 radical (unpaired) electrons. The zero-order valence-corrected chi connectivity index (χ0v) is 21.4. The van der Waals surface area contributed by atoms with Crippen molar-refractivity contribution in [3.63, 3.8) is 0 Å². The Kier molecular flexibility index (Phi) is 5.30. The van der Waals surface area contributed by atoms with Crippen LogP contribution in [0.3, 0.4) is 0 Å². The molecule has 1 heterocycles. The van der Waals surface area contributed by atoms with Gasteiger partial charge in [-0.15, -0.1) is 0 Å². The van der Waals surface area contributed by atoms with Crippen LogP contribution < -0.4 is 10.0 Å². The number of rotatable bonds is 6. The van der Waals surface area contributed by atoms with Crippen LogP contribution in [0.25, 0.3) is 0 Å². The quantitative estimate of drug-likeness (QED) is 0.456. The first kappa shape index (κ1) is 23.3. The van der Waals surface area contributed by atoms with Gasteiger partial charge < -0.3 is 9.84 Å². The lowest BCUT2D eigenvalue weighted by atomic mass is 9.42. The SMILES string of the molecule is Cc1noc(NS(=O)(=O)c2ccc(NC(=O)C34CC5CC(C3)CC(c3ccccc3)(C5)C4)cc2)c1C. The van der Waals surface area contributed by atoms with Gasteiger partial charge in [0, 0.05) is 11.3 Å². The van der Waals surface area contributed by atoms with Crippen molar-refractivity contribution < 1.29 is 17.7 Å². The third kappa shape index (κ3) is 3.82. The van der Waals surface area contributed by atoms with Gasteiger partial charge in [-0.05, 0) is 99.5 Å². The van der Waals surface area contributed by atoms with E-state index in [-0.39, 0.29) is 27.5 Å². The lowest BCUT2D eigenvalue weighted by molar-refractivity contribution is -0.143. The first-order chi connectivity index (χ1) is 17.2. The zero-order valence-electron chi connectivity index (χ0n) is 20.6. The first-order valence-corrected chi connectivity index (χ1v) is 14.1. The number of carbonyl (C=O) groups excluding carboxylic acids is 1. The van der Waals surface area contributed by atoms with Crippen molar-refractivity contribution in [1.29, 1.82) is 0 Å². The largest absolute Gasteiger partial charge is 0.337 e. The number of sulfonamides is 1. The molecule has 2 aromatic carbocycles. The summed E-state index contributed by atoms with van der Waals surface area (Å²) in [4.78, 5) is 13.8. The smallest absolute Gasteiger partial charge is 0.264 e. The Hall–Kier alpha value is -3.13. The molecule has 2 atom stereocenters. The molecule has 188 valence electrons. The Bertz CT molecular complexity index is 1400. The molecular weight excluding hydrogens is 474 g/mol. The molecule has 4 saturated carbocycles. The van der Waals surface area contributed by atoms with Gasteiger partial charge in [-0.25, -0.2) is 13.1 Å². The van der Waals surface area contributed by atoms with Gasteiger partial charge >= 0.3 is 0 Å². The summed E-state index contributed by atoms with van der Waals surface area (Å²) in [5, 5.41) is 6.92. The van der Waals surface area contributed by atoms with Crippen molar-refractivity contribution in [3.05, 3.63) is 71.4 Å². The molecule has 36 heavy (non-hydrogen) atoms. The van der Waals surface area contributed by atoms with E-state index in [1.165, 1.54) is 37.0 Å². The number of aryl methyl sites for hydroxylation is 1. The summed E-state index contributed by atoms with van der Waals surface area (Å²) < 4.78 is 33.2. The standard InChI is InChI=1S/C28H31N3O4S/c1-18-19(2)30-35-25(18)31-36(33,34)24-10-8-23(9-11-24)29-26(32)28-15-20-12-21(16-28)14-27(13-20,17-28)22-6-4-3-5-7-22/h3-11,20-21,31H,12-17H2,1-2H3,(H,29,32). The molecule has 7 nitrogen and oxygen atoms in total. The number of nitrogens with one attached hydrogen (secondary N) is 2. The summed E-state index contributed by atoms with van der Waals surface area (Å²) in [6, 6.07) is 17.0. The first-order valence-electron chi connectivity index (χ1n) is 12.6. The monoisotopic (exact) mass is 505 g/mol. The van der Waals surface area contributed by atoms with Gasteiger partial charge in [-0.1, -0.05) is 35.5 Å². The van der Waals surface area contributed by atoms with Crippen LogP contribution in [0.15, 0.2) is 64.0 Å². The molecule has 8 heteroatoms. The summed E-state index contributed by atoms with van der Waals surface area (Å²) in [7, 11) is -3.84. The fourth-order valence-electron chi connectivity index (χ4n) is 7.33. The van der Waals surface area contributed by atoms with E-state index in [4.69, 9.17) is 4.52 Å². The normalized spacial score (nSPS) is 28.7. The number of carbonyl (C=O) groups is 1. The van der Waals surface area contributed by atoms with E-state index in [0.29, 0.717) is 28.8 Å². The molecule has 3 aromatic rings. The topological polar surface area (TPSA) is 101 Å². The van der Waals surface area contributed by atoms with Crippen LogP contribution in [-0.4, -0.2) is 19.5 Å². The predicted molar refractivity (Wildman–Crippen MR) is 137 cm³/mol. The maximum absolute atomic E-state index is 13.7. The molecule has 2 unspecified atom stereocenters. The highest BCUT2D eigenvalue weighted by Gasteiger charge is 2.60. The Morgan fingerprint density at radius 3 is 2.25 bits per heavy atom. The van der Waals surface area contributed by atoms with Crippen LogP contribution in [0.2, 0.25) is 0 Å². The van der Waals surface area contributed by atoms with Crippen LogP contribution in [0, 0.1) is 31.1 Å². The van der Waals surface area contributed by atoms with E-state index in [2.05, 4.69) is 45.5 Å². The number of anilines is 2. The molecule has 0 saturated heterocycles. The molecule has 4 fully saturated rings. The average molecular weight is 506 g/mol. The maximum atomic E-state index is 13.7. The summed E-state index contributed by atoms with van der Waals surface area (Å²) in [5.74, 6) is 1.34. The molecule has 2 N–H and O–H groups in total. The van der Waals surface area contributed by atoms with Crippen molar-refractivity contribution in [2.24, 2.45) is 17.3 Å². The van der Waals surface area contributed by atoms with Gasteiger partial charge in [-0.3, -0.25) is 4.79 Å². The second-order valence-electron chi connectivity index (χ2n) is 11.2. The zero-order chi connectivity index (χ0) is 25.1. The van der Waals surface area contributed by atoms with Gasteiger partial charge in [0.15, 0.2) is 0 Å². The van der Waals surface area contributed by atoms with Crippen molar-refractivity contribution in [2.45, 2.75) is 62.7 Å². The van der Waals surface area contributed by atoms with E-state index in [1.54, 1.807) is 26.0 Å². The van der Waals surface area contributed by atoms with Gasteiger partial charge in [-0.2, -0.15) is 0 Å². The molecule has 0 spiro atoms. The van der Waals surface area contributed by atoms with Gasteiger partial charge in [0.2, 0.25) is 11.8 Å². The second-order valence-corrected chi connectivity index (χ2v) is 12.9. The highest BCUT2D eigenvalue weighted by atomic mass is 32.2. The summed E-state index contributed by atoms with van der Waals surface area (Å²) >= 11 is 0. The van der Waals surface area contributed by atoms with Crippen molar-refractivity contribution in [1.82, 2.24) is 5.16 Å². The minimum atomic E-state index is -3.84. The number of amides is 1. The van der Waals surface area contributed by atoms with Gasteiger partial charge in [0.1, 0.15) is 0 Å².